The van der Waals surface area contributed by atoms with Crippen molar-refractivity contribution in [3.63, 3.8) is 0 Å². The minimum absolute atomic E-state index is 0.120. The molecule has 2 heterocycles. The van der Waals surface area contributed by atoms with Crippen LogP contribution in [0, 0.1) is 0 Å². The van der Waals surface area contributed by atoms with Crippen molar-refractivity contribution in [2.24, 2.45) is 0 Å². The largest absolute Gasteiger partial charge is 0.493 e. The summed E-state index contributed by atoms with van der Waals surface area (Å²) in [5, 5.41) is 9.86. The van der Waals surface area contributed by atoms with Gasteiger partial charge >= 0.3 is 0 Å². The van der Waals surface area contributed by atoms with Crippen molar-refractivity contribution in [3.05, 3.63) is 17.7 Å². The van der Waals surface area contributed by atoms with Gasteiger partial charge in [-0.05, 0) is 17.7 Å². The van der Waals surface area contributed by atoms with Crippen LogP contribution in [0.15, 0.2) is 12.1 Å². The first-order chi connectivity index (χ1) is 9.71. The average Bonchev–Trinajstić information content (AvgIpc) is 3.04. The molecule has 0 radical (unpaired) electrons. The Morgan fingerprint density at radius 1 is 1.30 bits per heavy atom. The zero-order valence-electron chi connectivity index (χ0n) is 11.7. The molecule has 1 aromatic rings. The van der Waals surface area contributed by atoms with E-state index in [4.69, 9.17) is 18.9 Å². The highest BCUT2D eigenvalue weighted by Crippen LogP contribution is 2.42. The minimum Gasteiger partial charge on any atom is -0.493 e. The molecule has 0 amide bonds. The van der Waals surface area contributed by atoms with E-state index in [9.17, 15) is 5.11 Å². The average molecular weight is 281 g/mol. The third kappa shape index (κ3) is 2.42. The Morgan fingerprint density at radius 3 is 2.85 bits per heavy atom. The molecule has 6 nitrogen and oxygen atoms in total. The molecule has 0 aromatic heterocycles. The molecule has 0 spiro atoms. The fraction of sp³-hybridized carbons (Fsp3) is 0.571. The van der Waals surface area contributed by atoms with Gasteiger partial charge in [0.1, 0.15) is 0 Å². The van der Waals surface area contributed by atoms with Crippen LogP contribution in [-0.2, 0) is 11.3 Å². The van der Waals surface area contributed by atoms with Crippen LogP contribution >= 0.6 is 0 Å². The fourth-order valence-electron chi connectivity index (χ4n) is 2.73. The Hall–Kier alpha value is -1.50. The standard InChI is InChI=1S/C14H19NO5/c1-17-11-3-9(4-12-14(11)20-8-19-12)5-15-6-10(16)13(7-15)18-2/h3-4,10,13,16H,5-8H2,1-2H3/t10-,13-/m0/s1. The lowest BCUT2D eigenvalue weighted by Crippen LogP contribution is -2.25. The second kappa shape index (κ2) is 5.47. The van der Waals surface area contributed by atoms with E-state index in [-0.39, 0.29) is 12.9 Å². The Labute approximate surface area is 117 Å². The molecule has 20 heavy (non-hydrogen) atoms. The fourth-order valence-corrected chi connectivity index (χ4v) is 2.73. The molecule has 0 aliphatic carbocycles. The van der Waals surface area contributed by atoms with Crippen molar-refractivity contribution >= 4 is 0 Å². The van der Waals surface area contributed by atoms with Crippen molar-refractivity contribution in [3.8, 4) is 17.2 Å². The van der Waals surface area contributed by atoms with Crippen molar-refractivity contribution < 1.29 is 24.1 Å². The molecule has 0 saturated carbocycles. The molecule has 6 heteroatoms. The zero-order valence-corrected chi connectivity index (χ0v) is 11.7. The number of ether oxygens (including phenoxy) is 4. The van der Waals surface area contributed by atoms with Gasteiger partial charge in [0.25, 0.3) is 0 Å². The Morgan fingerprint density at radius 2 is 2.15 bits per heavy atom. The number of benzene rings is 1. The number of hydrogen-bond donors (Lipinski definition) is 1. The van der Waals surface area contributed by atoms with Crippen LogP contribution in [0.25, 0.3) is 0 Å². The van der Waals surface area contributed by atoms with Crippen LogP contribution in [-0.4, -0.2) is 56.3 Å². The van der Waals surface area contributed by atoms with E-state index in [1.807, 2.05) is 12.1 Å². The van der Waals surface area contributed by atoms with Crippen molar-refractivity contribution in [2.45, 2.75) is 18.8 Å². The second-order valence-electron chi connectivity index (χ2n) is 5.07. The summed E-state index contributed by atoms with van der Waals surface area (Å²) in [6.07, 6.45) is -0.554. The number of aliphatic hydroxyl groups is 1. The number of hydrogen-bond acceptors (Lipinski definition) is 6. The molecule has 1 fully saturated rings. The van der Waals surface area contributed by atoms with E-state index < -0.39 is 6.10 Å². The van der Waals surface area contributed by atoms with Gasteiger partial charge < -0.3 is 24.1 Å². The molecular weight excluding hydrogens is 262 g/mol. The Balaban J connectivity index is 1.75. The lowest BCUT2D eigenvalue weighted by Gasteiger charge is -2.16. The van der Waals surface area contributed by atoms with Crippen molar-refractivity contribution in [1.29, 1.82) is 0 Å². The molecule has 2 aliphatic heterocycles. The van der Waals surface area contributed by atoms with E-state index >= 15 is 0 Å². The molecule has 0 bridgehead atoms. The van der Waals surface area contributed by atoms with Gasteiger partial charge in [0.15, 0.2) is 11.5 Å². The molecule has 3 rings (SSSR count). The zero-order chi connectivity index (χ0) is 14.1. The molecule has 2 atom stereocenters. The van der Waals surface area contributed by atoms with Crippen LogP contribution in [0.4, 0.5) is 0 Å². The van der Waals surface area contributed by atoms with Crippen LogP contribution < -0.4 is 14.2 Å². The predicted octanol–water partition coefficient (Wildman–Crippen LogP) is 0.615. The summed E-state index contributed by atoms with van der Waals surface area (Å²) < 4.78 is 21.4. The highest BCUT2D eigenvalue weighted by molar-refractivity contribution is 5.55. The highest BCUT2D eigenvalue weighted by atomic mass is 16.7. The first-order valence-electron chi connectivity index (χ1n) is 6.61. The molecule has 1 N–H and O–H groups in total. The number of likely N-dealkylation sites (tertiary alicyclic amines) is 1. The van der Waals surface area contributed by atoms with E-state index in [2.05, 4.69) is 4.90 Å². The van der Waals surface area contributed by atoms with Gasteiger partial charge in [0.2, 0.25) is 12.5 Å². The highest BCUT2D eigenvalue weighted by Gasteiger charge is 2.31. The first kappa shape index (κ1) is 13.5. The van der Waals surface area contributed by atoms with Crippen LogP contribution in [0.3, 0.4) is 0 Å². The summed E-state index contributed by atoms with van der Waals surface area (Å²) in [4.78, 5) is 2.15. The Kier molecular flexibility index (Phi) is 3.69. The van der Waals surface area contributed by atoms with Gasteiger partial charge in [0.05, 0.1) is 19.3 Å². The Bertz CT molecular complexity index is 493. The molecule has 1 aromatic carbocycles. The molecule has 2 aliphatic rings. The quantitative estimate of drug-likeness (QED) is 0.873. The minimum atomic E-state index is -0.434. The maximum absolute atomic E-state index is 9.86. The first-order valence-corrected chi connectivity index (χ1v) is 6.61. The topological polar surface area (TPSA) is 60.4 Å². The second-order valence-corrected chi connectivity index (χ2v) is 5.07. The summed E-state index contributed by atoms with van der Waals surface area (Å²) in [7, 11) is 3.24. The summed E-state index contributed by atoms with van der Waals surface area (Å²) in [5.41, 5.74) is 1.06. The SMILES string of the molecule is COc1cc(CN2C[C@H](OC)[C@@H](O)C2)cc2c1OCO2. The summed E-state index contributed by atoms with van der Waals surface area (Å²) in [5.74, 6) is 2.05. The van der Waals surface area contributed by atoms with Crippen LogP contribution in [0.2, 0.25) is 0 Å². The number of aliphatic hydroxyl groups excluding tert-OH is 1. The van der Waals surface area contributed by atoms with Crippen LogP contribution in [0.5, 0.6) is 17.2 Å². The summed E-state index contributed by atoms with van der Waals surface area (Å²) >= 11 is 0. The van der Waals surface area contributed by atoms with Crippen molar-refractivity contribution in [1.82, 2.24) is 4.90 Å². The number of β-amino-alcohol motifs (C(OH)–C–C–N with tert-alkyl or cyclic N) is 1. The van der Waals surface area contributed by atoms with Gasteiger partial charge in [-0.1, -0.05) is 0 Å². The number of nitrogens with zero attached hydrogens (tertiary/aromatic N) is 1. The van der Waals surface area contributed by atoms with E-state index in [1.54, 1.807) is 14.2 Å². The molecular formula is C14H19NO5. The lowest BCUT2D eigenvalue weighted by atomic mass is 10.1. The van der Waals surface area contributed by atoms with E-state index in [1.165, 1.54) is 0 Å². The van der Waals surface area contributed by atoms with Gasteiger partial charge in [-0.25, -0.2) is 0 Å². The van der Waals surface area contributed by atoms with E-state index in [0.717, 1.165) is 5.56 Å². The number of fused-ring (bicyclic) bond motifs is 1. The maximum atomic E-state index is 9.86. The van der Waals surface area contributed by atoms with Crippen molar-refractivity contribution in [2.75, 3.05) is 34.1 Å². The number of methoxy groups -OCH3 is 2. The smallest absolute Gasteiger partial charge is 0.231 e. The molecule has 1 saturated heterocycles. The third-order valence-electron chi connectivity index (χ3n) is 3.74. The van der Waals surface area contributed by atoms with Gasteiger partial charge in [0, 0.05) is 26.7 Å². The molecule has 0 unspecified atom stereocenters. The molecule has 110 valence electrons. The maximum Gasteiger partial charge on any atom is 0.231 e. The lowest BCUT2D eigenvalue weighted by molar-refractivity contribution is 0.0215. The van der Waals surface area contributed by atoms with Gasteiger partial charge in [-0.15, -0.1) is 0 Å². The monoisotopic (exact) mass is 281 g/mol. The van der Waals surface area contributed by atoms with E-state index in [0.29, 0.717) is 36.9 Å². The van der Waals surface area contributed by atoms with Gasteiger partial charge in [-0.2, -0.15) is 0 Å². The number of rotatable bonds is 4. The third-order valence-corrected chi connectivity index (χ3v) is 3.74. The van der Waals surface area contributed by atoms with Crippen LogP contribution in [0.1, 0.15) is 5.56 Å². The summed E-state index contributed by atoms with van der Waals surface area (Å²) in [6, 6.07) is 3.90. The summed E-state index contributed by atoms with van der Waals surface area (Å²) in [6.45, 7) is 2.26. The van der Waals surface area contributed by atoms with Gasteiger partial charge in [-0.3, -0.25) is 4.90 Å². The normalized spacial score (nSPS) is 25.1. The predicted molar refractivity (Wildman–Crippen MR) is 71.2 cm³/mol.